The molecule has 3 nitrogen and oxygen atoms in total. The Kier molecular flexibility index (Phi) is 4.17. The minimum absolute atomic E-state index is 0.115. The molecule has 102 valence electrons. The molecule has 1 N–H and O–H groups in total. The van der Waals surface area contributed by atoms with Crippen molar-refractivity contribution >= 4 is 22.2 Å². The number of rotatable bonds is 4. The maximum absolute atomic E-state index is 14.1. The Hall–Kier alpha value is -0.956. The summed E-state index contributed by atoms with van der Waals surface area (Å²) < 4.78 is 33.3. The Morgan fingerprint density at radius 1 is 1.11 bits per heavy atom. The highest BCUT2D eigenvalue weighted by atomic mass is 28.4. The smallest absolute Gasteiger partial charge is 0.244 e. The Labute approximate surface area is 109 Å². The zero-order valence-corrected chi connectivity index (χ0v) is 13.7. The SMILES string of the molecule is C[Si](C)(C)Nc1c(F)cnc(O[Si](C)(C)C)c1F. The fraction of sp³-hybridized carbons (Fsp3) is 0.545. The van der Waals surface area contributed by atoms with Gasteiger partial charge in [-0.1, -0.05) is 19.6 Å². The van der Waals surface area contributed by atoms with Crippen LogP contribution in [0.4, 0.5) is 14.5 Å². The van der Waals surface area contributed by atoms with Crippen LogP contribution in [0.2, 0.25) is 39.3 Å². The van der Waals surface area contributed by atoms with E-state index in [0.717, 1.165) is 6.20 Å². The molecule has 0 radical (unpaired) electrons. The number of nitrogens with zero attached hydrogens (tertiary/aromatic N) is 1. The molecule has 0 aliphatic carbocycles. The van der Waals surface area contributed by atoms with Crippen LogP contribution in [-0.4, -0.2) is 21.5 Å². The average Bonchev–Trinajstić information content (AvgIpc) is 2.14. The highest BCUT2D eigenvalue weighted by Gasteiger charge is 2.25. The summed E-state index contributed by atoms with van der Waals surface area (Å²) in [6.07, 6.45) is 1.00. The molecule has 0 unspecified atom stereocenters. The molecule has 1 heterocycles. The van der Waals surface area contributed by atoms with Gasteiger partial charge in [0.05, 0.1) is 6.20 Å². The third kappa shape index (κ3) is 4.37. The van der Waals surface area contributed by atoms with Gasteiger partial charge in [0.1, 0.15) is 13.9 Å². The van der Waals surface area contributed by atoms with Crippen molar-refractivity contribution in [3.05, 3.63) is 17.8 Å². The normalized spacial score (nSPS) is 12.4. The van der Waals surface area contributed by atoms with Crippen LogP contribution in [0.5, 0.6) is 5.88 Å². The van der Waals surface area contributed by atoms with E-state index >= 15 is 0 Å². The fourth-order valence-corrected chi connectivity index (χ4v) is 3.00. The first-order valence-corrected chi connectivity index (χ1v) is 12.7. The molecular formula is C11H20F2N2OSi2. The lowest BCUT2D eigenvalue weighted by molar-refractivity contribution is 0.467. The van der Waals surface area contributed by atoms with Gasteiger partial charge in [0.2, 0.25) is 20.0 Å². The number of pyridine rings is 1. The lowest BCUT2D eigenvalue weighted by Gasteiger charge is -2.23. The van der Waals surface area contributed by atoms with Gasteiger partial charge in [0.15, 0.2) is 5.82 Å². The van der Waals surface area contributed by atoms with Crippen LogP contribution in [0.15, 0.2) is 6.20 Å². The predicted molar refractivity (Wildman–Crippen MR) is 75.1 cm³/mol. The molecule has 7 heteroatoms. The van der Waals surface area contributed by atoms with Crippen LogP contribution >= 0.6 is 0 Å². The lowest BCUT2D eigenvalue weighted by atomic mass is 10.4. The van der Waals surface area contributed by atoms with Crippen LogP contribution < -0.4 is 9.41 Å². The number of hydrogen-bond acceptors (Lipinski definition) is 3. The zero-order chi connectivity index (χ0) is 14.1. The summed E-state index contributed by atoms with van der Waals surface area (Å²) in [5.74, 6) is -1.53. The number of halogens is 2. The standard InChI is InChI=1S/C11H20F2N2OSi2/c1-17(2,3)15-10-8(12)7-14-11(9(10)13)16-18(4,5)6/h7H,1-6H3,(H,14,15). The summed E-state index contributed by atoms with van der Waals surface area (Å²) in [4.78, 5) is 6.62. The maximum atomic E-state index is 14.1. The van der Waals surface area contributed by atoms with Gasteiger partial charge in [-0.15, -0.1) is 0 Å². The lowest BCUT2D eigenvalue weighted by Crippen LogP contribution is -2.34. The largest absolute Gasteiger partial charge is 0.529 e. The van der Waals surface area contributed by atoms with Crippen molar-refractivity contribution in [2.45, 2.75) is 39.3 Å². The molecule has 1 aromatic heterocycles. The molecule has 0 saturated heterocycles. The number of aromatic nitrogens is 1. The highest BCUT2D eigenvalue weighted by Crippen LogP contribution is 2.28. The van der Waals surface area contributed by atoms with Crippen molar-refractivity contribution in [3.8, 4) is 5.88 Å². The van der Waals surface area contributed by atoms with Gasteiger partial charge in [0, 0.05) is 0 Å². The predicted octanol–water partition coefficient (Wildman–Crippen LogP) is 3.82. The van der Waals surface area contributed by atoms with Gasteiger partial charge in [-0.2, -0.15) is 4.39 Å². The van der Waals surface area contributed by atoms with Gasteiger partial charge >= 0.3 is 0 Å². The second kappa shape index (κ2) is 4.96. The summed E-state index contributed by atoms with van der Waals surface area (Å²) in [5.41, 5.74) is -0.127. The summed E-state index contributed by atoms with van der Waals surface area (Å²) in [6.45, 7) is 11.7. The van der Waals surface area contributed by atoms with Crippen LogP contribution in [0.1, 0.15) is 0 Å². The summed E-state index contributed by atoms with van der Waals surface area (Å²) in [7, 11) is -3.81. The first-order chi connectivity index (χ1) is 7.99. The first-order valence-electron chi connectivity index (χ1n) is 5.81. The Bertz CT molecular complexity index is 442. The van der Waals surface area contributed by atoms with Crippen molar-refractivity contribution in [2.75, 3.05) is 4.98 Å². The summed E-state index contributed by atoms with van der Waals surface area (Å²) >= 11 is 0. The molecular weight excluding hydrogens is 270 g/mol. The third-order valence-corrected chi connectivity index (χ3v) is 3.65. The Balaban J connectivity index is 3.15. The van der Waals surface area contributed by atoms with Crippen molar-refractivity contribution in [1.29, 1.82) is 0 Å². The minimum Gasteiger partial charge on any atom is -0.529 e. The molecule has 0 aliphatic rings. The molecule has 0 atom stereocenters. The average molecular weight is 290 g/mol. The highest BCUT2D eigenvalue weighted by molar-refractivity contribution is 6.79. The molecule has 1 aromatic rings. The first kappa shape index (κ1) is 15.1. The Morgan fingerprint density at radius 2 is 1.67 bits per heavy atom. The third-order valence-electron chi connectivity index (χ3n) is 1.84. The van der Waals surface area contributed by atoms with E-state index in [4.69, 9.17) is 4.43 Å². The van der Waals surface area contributed by atoms with E-state index in [0.29, 0.717) is 0 Å². The quantitative estimate of drug-likeness (QED) is 0.856. The van der Waals surface area contributed by atoms with Crippen molar-refractivity contribution in [2.24, 2.45) is 0 Å². The number of nitrogens with one attached hydrogen (secondary N) is 1. The van der Waals surface area contributed by atoms with Gasteiger partial charge in [-0.3, -0.25) is 0 Å². The van der Waals surface area contributed by atoms with Gasteiger partial charge < -0.3 is 9.41 Å². The number of anilines is 1. The molecule has 0 fully saturated rings. The van der Waals surface area contributed by atoms with E-state index in [9.17, 15) is 8.78 Å². The summed E-state index contributed by atoms with van der Waals surface area (Å²) in [6, 6.07) is 0. The second-order valence-corrected chi connectivity index (χ2v) is 15.4. The molecule has 0 saturated carbocycles. The van der Waals surface area contributed by atoms with Gasteiger partial charge in [0.25, 0.3) is 0 Å². The molecule has 18 heavy (non-hydrogen) atoms. The van der Waals surface area contributed by atoms with E-state index in [2.05, 4.69) is 9.97 Å². The monoisotopic (exact) mass is 290 g/mol. The molecule has 1 rings (SSSR count). The molecule has 0 aromatic carbocycles. The van der Waals surface area contributed by atoms with Crippen molar-refractivity contribution in [3.63, 3.8) is 0 Å². The minimum atomic E-state index is -1.97. The second-order valence-electron chi connectivity index (χ2n) is 6.19. The summed E-state index contributed by atoms with van der Waals surface area (Å²) in [5, 5.41) is 0. The van der Waals surface area contributed by atoms with E-state index in [1.54, 1.807) is 0 Å². The maximum Gasteiger partial charge on any atom is 0.244 e. The molecule has 0 aliphatic heterocycles. The van der Waals surface area contributed by atoms with E-state index in [1.807, 2.05) is 39.3 Å². The number of hydrogen-bond donors (Lipinski definition) is 1. The van der Waals surface area contributed by atoms with Crippen LogP contribution in [0.25, 0.3) is 0 Å². The topological polar surface area (TPSA) is 34.2 Å². The van der Waals surface area contributed by atoms with Crippen LogP contribution in [0, 0.1) is 11.6 Å². The van der Waals surface area contributed by atoms with E-state index < -0.39 is 28.2 Å². The van der Waals surface area contributed by atoms with Crippen LogP contribution in [0.3, 0.4) is 0 Å². The molecule has 0 amide bonds. The van der Waals surface area contributed by atoms with Crippen molar-refractivity contribution < 1.29 is 13.2 Å². The van der Waals surface area contributed by atoms with Gasteiger partial charge in [-0.25, -0.2) is 9.37 Å². The molecule has 0 spiro atoms. The zero-order valence-electron chi connectivity index (χ0n) is 11.7. The van der Waals surface area contributed by atoms with E-state index in [1.165, 1.54) is 0 Å². The van der Waals surface area contributed by atoms with E-state index in [-0.39, 0.29) is 11.6 Å². The van der Waals surface area contributed by atoms with Gasteiger partial charge in [-0.05, 0) is 19.6 Å². The Morgan fingerprint density at radius 3 is 2.11 bits per heavy atom. The van der Waals surface area contributed by atoms with Crippen LogP contribution in [-0.2, 0) is 0 Å². The fourth-order valence-electron chi connectivity index (χ4n) is 1.30. The van der Waals surface area contributed by atoms with Crippen molar-refractivity contribution in [1.82, 2.24) is 4.98 Å². The molecule has 0 bridgehead atoms.